The van der Waals surface area contributed by atoms with Gasteiger partial charge in [-0.3, -0.25) is 9.78 Å². The summed E-state index contributed by atoms with van der Waals surface area (Å²) in [5.74, 6) is 0.427. The molecule has 7 heteroatoms. The summed E-state index contributed by atoms with van der Waals surface area (Å²) in [6, 6.07) is 13.5. The molecule has 2 N–H and O–H groups in total. The van der Waals surface area contributed by atoms with E-state index in [1.54, 1.807) is 25.2 Å². The topological polar surface area (TPSA) is 86.8 Å². The van der Waals surface area contributed by atoms with Gasteiger partial charge in [0.2, 0.25) is 5.95 Å². The first-order valence-electron chi connectivity index (χ1n) is 9.43. The lowest BCUT2D eigenvalue weighted by Crippen LogP contribution is -2.21. The van der Waals surface area contributed by atoms with Crippen LogP contribution in [0.15, 0.2) is 54.9 Å². The maximum Gasteiger partial charge on any atom is 0.269 e. The summed E-state index contributed by atoms with van der Waals surface area (Å²) >= 11 is 0. The van der Waals surface area contributed by atoms with Gasteiger partial charge in [0.05, 0.1) is 11.4 Å². The summed E-state index contributed by atoms with van der Waals surface area (Å²) in [4.78, 5) is 30.2. The smallest absolute Gasteiger partial charge is 0.269 e. The Kier molecular flexibility index (Phi) is 4.95. The summed E-state index contributed by atoms with van der Waals surface area (Å²) in [6.45, 7) is 2.10. The van der Waals surface area contributed by atoms with Gasteiger partial charge in [-0.05, 0) is 48.4 Å². The predicted molar refractivity (Wildman–Crippen MR) is 114 cm³/mol. The van der Waals surface area contributed by atoms with Crippen LogP contribution < -0.4 is 5.32 Å². The summed E-state index contributed by atoms with van der Waals surface area (Å²) < 4.78 is 0. The summed E-state index contributed by atoms with van der Waals surface area (Å²) in [6.07, 6.45) is 4.53. The second-order valence-corrected chi connectivity index (χ2v) is 6.98. The van der Waals surface area contributed by atoms with E-state index in [-0.39, 0.29) is 5.91 Å². The molecule has 0 aliphatic heterocycles. The highest BCUT2D eigenvalue weighted by Crippen LogP contribution is 2.23. The van der Waals surface area contributed by atoms with Crippen LogP contribution in [0.5, 0.6) is 0 Å². The number of carbonyl (C=O) groups is 1. The fraction of sp³-hybridized carbons (Fsp3) is 0.182. The molecule has 7 nitrogen and oxygen atoms in total. The Morgan fingerprint density at radius 1 is 1.07 bits per heavy atom. The van der Waals surface area contributed by atoms with Crippen molar-refractivity contribution >= 4 is 28.4 Å². The van der Waals surface area contributed by atoms with Gasteiger partial charge in [0.15, 0.2) is 0 Å². The third kappa shape index (κ3) is 3.94. The van der Waals surface area contributed by atoms with Gasteiger partial charge in [-0.25, -0.2) is 9.97 Å². The van der Waals surface area contributed by atoms with Crippen LogP contribution in [0.3, 0.4) is 0 Å². The van der Waals surface area contributed by atoms with Gasteiger partial charge in [-0.2, -0.15) is 0 Å². The summed E-state index contributed by atoms with van der Waals surface area (Å²) in [7, 11) is 3.46. The van der Waals surface area contributed by atoms with Crippen molar-refractivity contribution in [1.82, 2.24) is 24.8 Å². The molecule has 0 aliphatic rings. The molecule has 0 bridgehead atoms. The average molecular weight is 386 g/mol. The van der Waals surface area contributed by atoms with Gasteiger partial charge in [0.1, 0.15) is 5.69 Å². The number of hydrogen-bond acceptors (Lipinski definition) is 5. The number of pyridine rings is 1. The molecule has 0 fully saturated rings. The van der Waals surface area contributed by atoms with Gasteiger partial charge in [0.25, 0.3) is 5.91 Å². The molecule has 0 aliphatic carbocycles. The Morgan fingerprint density at radius 2 is 1.93 bits per heavy atom. The van der Waals surface area contributed by atoms with Gasteiger partial charge in [-0.15, -0.1) is 0 Å². The molecule has 0 atom stereocenters. The number of carbonyl (C=O) groups excluding carboxylic acids is 1. The first kappa shape index (κ1) is 18.6. The number of aryl methyl sites for hydroxylation is 1. The summed E-state index contributed by atoms with van der Waals surface area (Å²) in [5, 5.41) is 4.17. The Labute approximate surface area is 168 Å². The maximum atomic E-state index is 12.2. The standard InChI is InChI=1S/C22H22N6O/c1-4-14-5-7-18(24-13-14)19-9-10-23-22(27-19)25-16-6-8-17-15(11-16)12-20(26-17)21(29)28(2)3/h5-13,26H,4H2,1-3H3,(H,23,25,27). The molecule has 0 saturated carbocycles. The van der Waals surface area contributed by atoms with Crippen LogP contribution in [-0.4, -0.2) is 44.8 Å². The highest BCUT2D eigenvalue weighted by atomic mass is 16.2. The number of H-pyrrole nitrogens is 1. The van der Waals surface area contributed by atoms with Gasteiger partial charge >= 0.3 is 0 Å². The number of amides is 1. The van der Waals surface area contributed by atoms with Crippen LogP contribution >= 0.6 is 0 Å². The quantitative estimate of drug-likeness (QED) is 0.541. The fourth-order valence-corrected chi connectivity index (χ4v) is 3.04. The largest absolute Gasteiger partial charge is 0.351 e. The molecule has 4 aromatic rings. The minimum atomic E-state index is -0.0617. The van der Waals surface area contributed by atoms with Crippen molar-refractivity contribution in [3.8, 4) is 11.4 Å². The van der Waals surface area contributed by atoms with Crippen LogP contribution in [0.25, 0.3) is 22.3 Å². The van der Waals surface area contributed by atoms with Crippen LogP contribution in [0, 0.1) is 0 Å². The Bertz CT molecular complexity index is 1160. The number of nitrogens with one attached hydrogen (secondary N) is 2. The second kappa shape index (κ2) is 7.71. The van der Waals surface area contributed by atoms with Crippen molar-refractivity contribution in [2.45, 2.75) is 13.3 Å². The van der Waals surface area contributed by atoms with Crippen molar-refractivity contribution < 1.29 is 4.79 Å². The van der Waals surface area contributed by atoms with E-state index >= 15 is 0 Å². The van der Waals surface area contributed by atoms with Crippen molar-refractivity contribution in [1.29, 1.82) is 0 Å². The van der Waals surface area contributed by atoms with Crippen LogP contribution in [-0.2, 0) is 6.42 Å². The number of nitrogens with zero attached hydrogens (tertiary/aromatic N) is 4. The molecular weight excluding hydrogens is 364 g/mol. The van der Waals surface area contributed by atoms with Crippen molar-refractivity contribution in [3.05, 3.63) is 66.1 Å². The Balaban J connectivity index is 1.58. The highest BCUT2D eigenvalue weighted by molar-refractivity contribution is 5.98. The lowest BCUT2D eigenvalue weighted by atomic mass is 10.2. The first-order chi connectivity index (χ1) is 14.0. The van der Waals surface area contributed by atoms with E-state index in [0.717, 1.165) is 34.4 Å². The van der Waals surface area contributed by atoms with E-state index in [2.05, 4.69) is 38.2 Å². The molecule has 0 unspecified atom stereocenters. The van der Waals surface area contributed by atoms with Gasteiger partial charge in [0, 0.05) is 43.1 Å². The zero-order valence-corrected chi connectivity index (χ0v) is 16.6. The van der Waals surface area contributed by atoms with E-state index in [4.69, 9.17) is 0 Å². The number of aromatic nitrogens is 4. The van der Waals surface area contributed by atoms with Crippen molar-refractivity contribution in [2.75, 3.05) is 19.4 Å². The zero-order chi connectivity index (χ0) is 20.4. The van der Waals surface area contributed by atoms with E-state index in [0.29, 0.717) is 11.6 Å². The average Bonchev–Trinajstić information content (AvgIpc) is 3.16. The molecule has 0 spiro atoms. The second-order valence-electron chi connectivity index (χ2n) is 6.98. The monoisotopic (exact) mass is 386 g/mol. The number of fused-ring (bicyclic) bond motifs is 1. The third-order valence-corrected chi connectivity index (χ3v) is 4.66. The first-order valence-corrected chi connectivity index (χ1v) is 9.43. The van der Waals surface area contributed by atoms with E-state index < -0.39 is 0 Å². The molecule has 146 valence electrons. The molecule has 1 amide bonds. The van der Waals surface area contributed by atoms with E-state index in [1.165, 1.54) is 5.56 Å². The van der Waals surface area contributed by atoms with Gasteiger partial charge in [-0.1, -0.05) is 13.0 Å². The lowest BCUT2D eigenvalue weighted by Gasteiger charge is -2.07. The van der Waals surface area contributed by atoms with E-state index in [9.17, 15) is 4.79 Å². The normalized spacial score (nSPS) is 10.9. The zero-order valence-electron chi connectivity index (χ0n) is 16.6. The third-order valence-electron chi connectivity index (χ3n) is 4.66. The molecule has 3 aromatic heterocycles. The molecular formula is C22H22N6O. The van der Waals surface area contributed by atoms with Crippen LogP contribution in [0.4, 0.5) is 11.6 Å². The number of aromatic amines is 1. The SMILES string of the molecule is CCc1ccc(-c2ccnc(Nc3ccc4[nH]c(C(=O)N(C)C)cc4c3)n2)nc1. The van der Waals surface area contributed by atoms with E-state index in [1.807, 2.05) is 42.6 Å². The van der Waals surface area contributed by atoms with Crippen molar-refractivity contribution in [2.24, 2.45) is 0 Å². The molecule has 0 saturated heterocycles. The molecule has 0 radical (unpaired) electrons. The molecule has 3 heterocycles. The fourth-order valence-electron chi connectivity index (χ4n) is 3.04. The number of hydrogen-bond donors (Lipinski definition) is 2. The van der Waals surface area contributed by atoms with Gasteiger partial charge < -0.3 is 15.2 Å². The van der Waals surface area contributed by atoms with Crippen molar-refractivity contribution in [3.63, 3.8) is 0 Å². The Morgan fingerprint density at radius 3 is 2.66 bits per heavy atom. The number of rotatable bonds is 5. The predicted octanol–water partition coefficient (Wildman–Crippen LogP) is 4.03. The number of benzene rings is 1. The lowest BCUT2D eigenvalue weighted by molar-refractivity contribution is 0.0823. The molecule has 29 heavy (non-hydrogen) atoms. The van der Waals surface area contributed by atoms with Crippen LogP contribution in [0.2, 0.25) is 0 Å². The molecule has 1 aromatic carbocycles. The Hall–Kier alpha value is -3.74. The minimum Gasteiger partial charge on any atom is -0.351 e. The molecule has 4 rings (SSSR count). The maximum absolute atomic E-state index is 12.2. The minimum absolute atomic E-state index is 0.0617. The van der Waals surface area contributed by atoms with Crippen LogP contribution in [0.1, 0.15) is 23.0 Å². The summed E-state index contributed by atoms with van der Waals surface area (Å²) in [5.41, 5.74) is 5.05. The number of anilines is 2. The highest BCUT2D eigenvalue weighted by Gasteiger charge is 2.12.